The Labute approximate surface area is 347 Å². The van der Waals surface area contributed by atoms with Crippen molar-refractivity contribution in [1.29, 1.82) is 5.26 Å². The predicted molar refractivity (Wildman–Crippen MR) is 179 cm³/mol. The molecule has 6 aromatic rings. The van der Waals surface area contributed by atoms with Gasteiger partial charge in [-0.15, -0.1) is 21.9 Å². The van der Waals surface area contributed by atoms with E-state index in [1.165, 1.54) is 17.0 Å². The minimum atomic E-state index is -7.22. The van der Waals surface area contributed by atoms with Gasteiger partial charge in [-0.1, -0.05) is 30.3 Å². The SMILES string of the molecule is Fc1c(F)c(F)c([B-](c2c(F)c(F)c(F)c(F)c2F)(c2c(F)c(F)c(F)c(F)c2F)c2c(F)c(F)c(F)c(F)c2F)c(F)c1F.N#CCC(=O)c1cncc[n+]1CC(=O)c1ccccc1. The van der Waals surface area contributed by atoms with E-state index in [9.17, 15) is 62.3 Å². The van der Waals surface area contributed by atoms with Crippen molar-refractivity contribution in [3.8, 4) is 6.07 Å². The van der Waals surface area contributed by atoms with E-state index in [-0.39, 0.29) is 30.2 Å². The van der Waals surface area contributed by atoms with Crippen LogP contribution in [-0.2, 0) is 6.54 Å². The minimum absolute atomic E-state index is 0.0407. The third-order valence-electron chi connectivity index (χ3n) is 9.48. The van der Waals surface area contributed by atoms with Gasteiger partial charge in [0.25, 0.3) is 5.69 Å². The Kier molecular flexibility index (Phi) is 13.8. The van der Waals surface area contributed by atoms with Gasteiger partial charge >= 0.3 is 0 Å². The lowest BCUT2D eigenvalue weighted by Crippen LogP contribution is -2.81. The molecule has 0 amide bonds. The summed E-state index contributed by atoms with van der Waals surface area (Å²) in [7, 11) is 0. The number of benzene rings is 5. The second kappa shape index (κ2) is 18.4. The number of carbonyl (C=O) groups excluding carboxylic acids is 2. The van der Waals surface area contributed by atoms with Crippen molar-refractivity contribution >= 4 is 39.6 Å². The summed E-state index contributed by atoms with van der Waals surface area (Å²) in [4.78, 5) is 27.8. The van der Waals surface area contributed by atoms with Gasteiger partial charge in [0.15, 0.2) is 76.0 Å². The summed E-state index contributed by atoms with van der Waals surface area (Å²) in [6.45, 7) is 0.0407. The van der Waals surface area contributed by atoms with Crippen LogP contribution in [0.3, 0.4) is 0 Å². The average molecular weight is 945 g/mol. The highest BCUT2D eigenvalue weighted by molar-refractivity contribution is 7.20. The number of ketones is 2. The molecule has 0 saturated heterocycles. The molecule has 0 bridgehead atoms. The number of carbonyl (C=O) groups is 2. The molecule has 0 aliphatic carbocycles. The second-order valence-corrected chi connectivity index (χ2v) is 12.9. The van der Waals surface area contributed by atoms with Crippen LogP contribution in [0.1, 0.15) is 27.3 Å². The molecule has 0 aliphatic rings. The van der Waals surface area contributed by atoms with E-state index < -0.39 is 144 Å². The van der Waals surface area contributed by atoms with Crippen LogP contribution in [0.4, 0.5) is 87.8 Å². The van der Waals surface area contributed by atoms with Gasteiger partial charge in [-0.05, 0) is 0 Å². The molecule has 1 heterocycles. The van der Waals surface area contributed by atoms with Crippen LogP contribution >= 0.6 is 0 Å². The summed E-state index contributed by atoms with van der Waals surface area (Å²) in [5.74, 6) is -71.9. The summed E-state index contributed by atoms with van der Waals surface area (Å²) in [5.41, 5.74) is -13.5. The molecule has 0 N–H and O–H groups in total. The van der Waals surface area contributed by atoms with Crippen LogP contribution in [0.15, 0.2) is 48.9 Å². The van der Waals surface area contributed by atoms with E-state index in [0.717, 1.165) is 0 Å². The number of halogens is 20. The molecule has 0 unspecified atom stereocenters. The van der Waals surface area contributed by atoms with Gasteiger partial charge in [0.1, 0.15) is 65.3 Å². The molecule has 26 heteroatoms. The van der Waals surface area contributed by atoms with Gasteiger partial charge in [-0.25, -0.2) is 87.8 Å². The standard InChI is InChI=1S/C24BF20.C15H12N3O2/c26-5-1(6(27)14(35)21(42)13(5)34)25(2-7(28)15(36)22(43)16(37)8(2)29,3-9(30)17(38)23(44)18(39)10(3)31)4-11(32)19(40)24(45)20(41)12(4)33;16-7-6-14(19)13-10-17-8-9-18(13)11-15(20)12-4-2-1-3-5-12/h;1-5,8-10H,6,11H2/q-1;+1. The summed E-state index contributed by atoms with van der Waals surface area (Å²) in [5, 5.41) is 8.58. The van der Waals surface area contributed by atoms with Crippen molar-refractivity contribution in [2.45, 2.75) is 13.0 Å². The maximum Gasteiger partial charge on any atom is 0.268 e. The second-order valence-electron chi connectivity index (χ2n) is 12.9. The average Bonchev–Trinajstić information content (AvgIpc) is 3.29. The van der Waals surface area contributed by atoms with Crippen LogP contribution in [0.25, 0.3) is 0 Å². The molecule has 6 rings (SSSR count). The van der Waals surface area contributed by atoms with Crippen LogP contribution < -0.4 is 26.4 Å². The molecule has 0 radical (unpaired) electrons. The highest BCUT2D eigenvalue weighted by Crippen LogP contribution is 2.30. The maximum atomic E-state index is 15.4. The first-order valence-corrected chi connectivity index (χ1v) is 17.0. The quantitative estimate of drug-likeness (QED) is 0.0385. The first-order valence-electron chi connectivity index (χ1n) is 17.0. The lowest BCUT2D eigenvalue weighted by molar-refractivity contribution is -0.685. The van der Waals surface area contributed by atoms with Crippen LogP contribution in [0, 0.1) is 128 Å². The van der Waals surface area contributed by atoms with Crippen LogP contribution in [0.5, 0.6) is 0 Å². The fraction of sp³-hybridized carbons (Fsp3) is 0.0513. The van der Waals surface area contributed by atoms with Gasteiger partial charge in [0, 0.05) is 5.56 Å². The zero-order valence-electron chi connectivity index (χ0n) is 30.8. The molecule has 0 saturated carbocycles. The molecular formula is C39H12BF20N3O2. The van der Waals surface area contributed by atoms with Gasteiger partial charge in [-0.2, -0.15) is 9.83 Å². The van der Waals surface area contributed by atoms with Crippen molar-refractivity contribution in [1.82, 2.24) is 4.98 Å². The van der Waals surface area contributed by atoms with Crippen LogP contribution in [0.2, 0.25) is 0 Å². The number of nitrogens with zero attached hydrogens (tertiary/aromatic N) is 3. The van der Waals surface area contributed by atoms with Crippen LogP contribution in [-0.4, -0.2) is 22.7 Å². The molecule has 338 valence electrons. The fourth-order valence-corrected chi connectivity index (χ4v) is 6.66. The topological polar surface area (TPSA) is 74.7 Å². The third kappa shape index (κ3) is 7.88. The molecule has 5 nitrogen and oxygen atoms in total. The van der Waals surface area contributed by atoms with Gasteiger partial charge in [-0.3, -0.25) is 14.6 Å². The third-order valence-corrected chi connectivity index (χ3v) is 9.48. The number of nitriles is 1. The molecule has 0 aliphatic heterocycles. The number of rotatable bonds is 9. The number of aromatic nitrogens is 2. The van der Waals surface area contributed by atoms with Crippen molar-refractivity contribution in [2.24, 2.45) is 0 Å². The minimum Gasteiger partial charge on any atom is -0.287 e. The van der Waals surface area contributed by atoms with E-state index in [1.807, 2.05) is 6.07 Å². The molecule has 1 aromatic heterocycles. The molecule has 65 heavy (non-hydrogen) atoms. The van der Waals surface area contributed by atoms with E-state index in [0.29, 0.717) is 5.56 Å². The number of hydrogen-bond donors (Lipinski definition) is 0. The number of hydrogen-bond acceptors (Lipinski definition) is 4. The largest absolute Gasteiger partial charge is 0.287 e. The highest BCUT2D eigenvalue weighted by atomic mass is 19.2. The maximum absolute atomic E-state index is 15.4. The zero-order valence-corrected chi connectivity index (χ0v) is 30.8. The Morgan fingerprint density at radius 2 is 0.754 bits per heavy atom. The molecule has 5 aromatic carbocycles. The monoisotopic (exact) mass is 945 g/mol. The fourth-order valence-electron chi connectivity index (χ4n) is 6.66. The Bertz CT molecular complexity index is 2620. The Balaban J connectivity index is 0.000000330. The normalized spacial score (nSPS) is 11.3. The van der Waals surface area contributed by atoms with Gasteiger partial charge < -0.3 is 0 Å². The Morgan fingerprint density at radius 1 is 0.462 bits per heavy atom. The summed E-state index contributed by atoms with van der Waals surface area (Å²) in [6.07, 6.45) is -3.01. The van der Waals surface area contributed by atoms with Gasteiger partial charge in [0.2, 0.25) is 18.1 Å². The van der Waals surface area contributed by atoms with E-state index in [2.05, 4.69) is 4.98 Å². The Morgan fingerprint density at radius 3 is 1.05 bits per heavy atom. The molecule has 0 atom stereocenters. The predicted octanol–water partition coefficient (Wildman–Crippen LogP) is 7.19. The zero-order chi connectivity index (χ0) is 48.7. The van der Waals surface area contributed by atoms with Crippen molar-refractivity contribution in [3.05, 3.63) is 177 Å². The van der Waals surface area contributed by atoms with E-state index in [4.69, 9.17) is 5.26 Å². The smallest absolute Gasteiger partial charge is 0.268 e. The molecule has 0 fully saturated rings. The number of Topliss-reactive ketones (excluding diaryl/α,β-unsaturated/α-hetero) is 2. The lowest BCUT2D eigenvalue weighted by Gasteiger charge is -2.44. The van der Waals surface area contributed by atoms with E-state index >= 15 is 35.1 Å². The van der Waals surface area contributed by atoms with Crippen molar-refractivity contribution in [2.75, 3.05) is 0 Å². The first kappa shape index (κ1) is 48.7. The summed E-state index contributed by atoms with van der Waals surface area (Å²) in [6, 6.07) is 10.6. The summed E-state index contributed by atoms with van der Waals surface area (Å²) < 4.78 is 295. The van der Waals surface area contributed by atoms with Crippen molar-refractivity contribution < 1.29 is 102 Å². The van der Waals surface area contributed by atoms with Gasteiger partial charge in [0.05, 0.1) is 12.3 Å². The molecular weight excluding hydrogens is 933 g/mol. The Hall–Kier alpha value is -7.33. The molecule has 0 spiro atoms. The first-order chi connectivity index (χ1) is 30.4. The lowest BCUT2D eigenvalue weighted by atomic mass is 9.12. The van der Waals surface area contributed by atoms with Crippen molar-refractivity contribution in [3.63, 3.8) is 0 Å². The van der Waals surface area contributed by atoms with E-state index in [1.54, 1.807) is 36.5 Å². The summed E-state index contributed by atoms with van der Waals surface area (Å²) >= 11 is 0. The highest BCUT2D eigenvalue weighted by Gasteiger charge is 2.52.